The van der Waals surface area contributed by atoms with Gasteiger partial charge in [-0.2, -0.15) is 0 Å². The van der Waals surface area contributed by atoms with Crippen molar-refractivity contribution >= 4 is 11.8 Å². The van der Waals surface area contributed by atoms with Gasteiger partial charge in [0, 0.05) is 12.6 Å². The molecule has 2 heterocycles. The van der Waals surface area contributed by atoms with Crippen molar-refractivity contribution in [3.63, 3.8) is 0 Å². The van der Waals surface area contributed by atoms with Gasteiger partial charge in [0.25, 0.3) is 11.8 Å². The van der Waals surface area contributed by atoms with Crippen molar-refractivity contribution in [1.82, 2.24) is 10.2 Å². The molecule has 0 unspecified atom stereocenters. The molecule has 31 heavy (non-hydrogen) atoms. The lowest BCUT2D eigenvalue weighted by molar-refractivity contribution is 0.0667. The van der Waals surface area contributed by atoms with Crippen LogP contribution in [0.2, 0.25) is 0 Å². The van der Waals surface area contributed by atoms with Gasteiger partial charge >= 0.3 is 0 Å². The molecule has 2 aliphatic heterocycles. The molecule has 2 amide bonds. The van der Waals surface area contributed by atoms with E-state index in [2.05, 4.69) is 5.32 Å². The van der Waals surface area contributed by atoms with Gasteiger partial charge in [-0.15, -0.1) is 0 Å². The van der Waals surface area contributed by atoms with Gasteiger partial charge < -0.3 is 29.2 Å². The molecule has 0 atom stereocenters. The predicted molar refractivity (Wildman–Crippen MR) is 111 cm³/mol. The van der Waals surface area contributed by atoms with Gasteiger partial charge in [-0.1, -0.05) is 12.1 Å². The number of nitrogens with zero attached hydrogens (tertiary/aromatic N) is 1. The van der Waals surface area contributed by atoms with Crippen LogP contribution in [0, 0.1) is 0 Å². The third-order valence-electron chi connectivity index (χ3n) is 5.53. The van der Waals surface area contributed by atoms with Crippen LogP contribution in [0.15, 0.2) is 36.4 Å². The molecule has 0 spiro atoms. The van der Waals surface area contributed by atoms with Crippen LogP contribution in [0.4, 0.5) is 0 Å². The maximum absolute atomic E-state index is 13.4. The topological polar surface area (TPSA) is 86.3 Å². The second kappa shape index (κ2) is 7.37. The maximum Gasteiger partial charge on any atom is 0.258 e. The summed E-state index contributed by atoms with van der Waals surface area (Å²) in [6.45, 7) is 4.38. The molecular formula is C23H24N2O6. The van der Waals surface area contributed by atoms with E-state index in [1.54, 1.807) is 36.4 Å². The first-order valence-corrected chi connectivity index (χ1v) is 10.3. The zero-order chi connectivity index (χ0) is 21.6. The number of carbonyl (C=O) groups is 2. The summed E-state index contributed by atoms with van der Waals surface area (Å²) in [4.78, 5) is 28.2. The Hall–Kier alpha value is -3.42. The van der Waals surface area contributed by atoms with Crippen molar-refractivity contribution in [3.8, 4) is 23.0 Å². The zero-order valence-corrected chi connectivity index (χ0v) is 17.5. The summed E-state index contributed by atoms with van der Waals surface area (Å²) in [6.07, 6.45) is 1.89. The van der Waals surface area contributed by atoms with Crippen LogP contribution in [0.1, 0.15) is 47.4 Å². The number of hydrogen-bond acceptors (Lipinski definition) is 6. The highest BCUT2D eigenvalue weighted by molar-refractivity contribution is 5.99. The van der Waals surface area contributed by atoms with Crippen LogP contribution in [-0.4, -0.2) is 48.4 Å². The highest BCUT2D eigenvalue weighted by Crippen LogP contribution is 2.38. The standard InChI is InChI=1S/C23H24N2O6/c1-23(2,24-21(26)15-5-3-7-17-19(15)30-12-28-17)11-25(14-9-10-14)22(27)16-6-4-8-18-20(16)31-13-29-18/h3-8,14H,9-13H2,1-2H3,(H,24,26). The number of hydrogen-bond donors (Lipinski definition) is 1. The van der Waals surface area contributed by atoms with Gasteiger partial charge in [0.05, 0.1) is 16.7 Å². The normalized spacial score (nSPS) is 16.2. The Bertz CT molecular complexity index is 1050. The lowest BCUT2D eigenvalue weighted by Crippen LogP contribution is -2.53. The van der Waals surface area contributed by atoms with Gasteiger partial charge in [-0.05, 0) is 51.0 Å². The van der Waals surface area contributed by atoms with E-state index in [1.165, 1.54) is 0 Å². The second-order valence-electron chi connectivity index (χ2n) is 8.58. The van der Waals surface area contributed by atoms with Crippen molar-refractivity contribution in [2.75, 3.05) is 20.1 Å². The molecule has 0 saturated heterocycles. The molecule has 0 radical (unpaired) electrons. The van der Waals surface area contributed by atoms with Crippen LogP contribution in [-0.2, 0) is 0 Å². The van der Waals surface area contributed by atoms with E-state index in [-0.39, 0.29) is 31.4 Å². The van der Waals surface area contributed by atoms with Gasteiger partial charge in [-0.3, -0.25) is 9.59 Å². The molecule has 8 nitrogen and oxygen atoms in total. The monoisotopic (exact) mass is 424 g/mol. The Morgan fingerprint density at radius 3 is 2.13 bits per heavy atom. The first-order valence-electron chi connectivity index (χ1n) is 10.3. The summed E-state index contributed by atoms with van der Waals surface area (Å²) in [5.41, 5.74) is 0.224. The van der Waals surface area contributed by atoms with Crippen LogP contribution < -0.4 is 24.3 Å². The molecule has 1 saturated carbocycles. The van der Waals surface area contributed by atoms with Crippen molar-refractivity contribution in [3.05, 3.63) is 47.5 Å². The zero-order valence-electron chi connectivity index (χ0n) is 17.5. The van der Waals surface area contributed by atoms with Crippen LogP contribution >= 0.6 is 0 Å². The Balaban J connectivity index is 1.34. The average Bonchev–Trinajstić information content (AvgIpc) is 3.26. The second-order valence-corrected chi connectivity index (χ2v) is 8.58. The molecule has 1 N–H and O–H groups in total. The fraction of sp³-hybridized carbons (Fsp3) is 0.391. The third-order valence-corrected chi connectivity index (χ3v) is 5.53. The van der Waals surface area contributed by atoms with E-state index in [0.29, 0.717) is 40.7 Å². The fourth-order valence-electron chi connectivity index (χ4n) is 3.96. The van der Waals surface area contributed by atoms with E-state index >= 15 is 0 Å². The molecule has 3 aliphatic rings. The van der Waals surface area contributed by atoms with E-state index in [0.717, 1.165) is 12.8 Å². The highest BCUT2D eigenvalue weighted by Gasteiger charge is 2.39. The summed E-state index contributed by atoms with van der Waals surface area (Å²) < 4.78 is 21.8. The minimum absolute atomic E-state index is 0.0974. The minimum Gasteiger partial charge on any atom is -0.454 e. The predicted octanol–water partition coefficient (Wildman–Crippen LogP) is 2.96. The van der Waals surface area contributed by atoms with E-state index in [9.17, 15) is 9.59 Å². The van der Waals surface area contributed by atoms with Crippen molar-refractivity contribution in [2.24, 2.45) is 0 Å². The largest absolute Gasteiger partial charge is 0.454 e. The number of ether oxygens (including phenoxy) is 4. The van der Waals surface area contributed by atoms with Crippen LogP contribution in [0.5, 0.6) is 23.0 Å². The van der Waals surface area contributed by atoms with Gasteiger partial charge in [0.1, 0.15) is 0 Å². The number of carbonyl (C=O) groups excluding carboxylic acids is 2. The third kappa shape index (κ3) is 3.73. The number of amides is 2. The quantitative estimate of drug-likeness (QED) is 0.767. The Morgan fingerprint density at radius 2 is 1.52 bits per heavy atom. The molecule has 0 bridgehead atoms. The van der Waals surface area contributed by atoms with Crippen LogP contribution in [0.3, 0.4) is 0 Å². The van der Waals surface area contributed by atoms with Crippen molar-refractivity contribution < 1.29 is 28.5 Å². The lowest BCUT2D eigenvalue weighted by Gasteiger charge is -2.34. The summed E-state index contributed by atoms with van der Waals surface area (Å²) in [5.74, 6) is 1.67. The lowest BCUT2D eigenvalue weighted by atomic mass is 10.0. The minimum atomic E-state index is -0.674. The number of para-hydroxylation sites is 2. The fourth-order valence-corrected chi connectivity index (χ4v) is 3.96. The molecule has 2 aromatic carbocycles. The van der Waals surface area contributed by atoms with Gasteiger partial charge in [0.2, 0.25) is 13.6 Å². The highest BCUT2D eigenvalue weighted by atomic mass is 16.7. The summed E-state index contributed by atoms with van der Waals surface area (Å²) in [6, 6.07) is 10.7. The van der Waals surface area contributed by atoms with E-state index in [4.69, 9.17) is 18.9 Å². The number of fused-ring (bicyclic) bond motifs is 2. The Kier molecular flexibility index (Phi) is 4.64. The number of benzene rings is 2. The van der Waals surface area contributed by atoms with E-state index in [1.807, 2.05) is 18.7 Å². The van der Waals surface area contributed by atoms with Crippen molar-refractivity contribution in [2.45, 2.75) is 38.3 Å². The average molecular weight is 424 g/mol. The summed E-state index contributed by atoms with van der Waals surface area (Å²) in [5, 5.41) is 3.05. The molecule has 5 rings (SSSR count). The number of rotatable bonds is 6. The molecule has 162 valence electrons. The smallest absolute Gasteiger partial charge is 0.258 e. The van der Waals surface area contributed by atoms with Gasteiger partial charge in [0.15, 0.2) is 23.0 Å². The molecular weight excluding hydrogens is 400 g/mol. The molecule has 2 aromatic rings. The number of nitrogens with one attached hydrogen (secondary N) is 1. The molecule has 8 heteroatoms. The van der Waals surface area contributed by atoms with E-state index < -0.39 is 5.54 Å². The Labute approximate surface area is 180 Å². The van der Waals surface area contributed by atoms with Gasteiger partial charge in [-0.25, -0.2) is 0 Å². The SMILES string of the molecule is CC(C)(CN(C(=O)c1cccc2c1OCO2)C1CC1)NC(=O)c1cccc2c1OCO2. The first kappa shape index (κ1) is 19.5. The molecule has 1 fully saturated rings. The Morgan fingerprint density at radius 1 is 0.935 bits per heavy atom. The first-order chi connectivity index (χ1) is 14.9. The molecule has 1 aliphatic carbocycles. The molecule has 0 aromatic heterocycles. The summed E-state index contributed by atoms with van der Waals surface area (Å²) in [7, 11) is 0. The maximum atomic E-state index is 13.4. The summed E-state index contributed by atoms with van der Waals surface area (Å²) >= 11 is 0. The van der Waals surface area contributed by atoms with Crippen LogP contribution in [0.25, 0.3) is 0 Å². The van der Waals surface area contributed by atoms with Crippen molar-refractivity contribution in [1.29, 1.82) is 0 Å².